The van der Waals surface area contributed by atoms with Crippen LogP contribution in [0.2, 0.25) is 0 Å². The second-order valence-electron chi connectivity index (χ2n) is 5.80. The molecule has 0 bridgehead atoms. The van der Waals surface area contributed by atoms with Crippen molar-refractivity contribution in [1.82, 2.24) is 4.72 Å². The van der Waals surface area contributed by atoms with Crippen LogP contribution in [-0.4, -0.2) is 28.1 Å². The molecule has 0 heterocycles. The molecular weight excluding hydrogens is 324 g/mol. The molecule has 0 saturated carbocycles. The zero-order chi connectivity index (χ0) is 16.2. The van der Waals surface area contributed by atoms with E-state index in [0.717, 1.165) is 5.56 Å². The van der Waals surface area contributed by atoms with Gasteiger partial charge in [0.1, 0.15) is 10.6 Å². The fraction of sp³-hybridized carbons (Fsp3) is 0.600. The molecule has 0 aliphatic rings. The average molecular weight is 351 g/mol. The highest BCUT2D eigenvalue weighted by atomic mass is 35.5. The summed E-state index contributed by atoms with van der Waals surface area (Å²) in [5, 5.41) is 0. The van der Waals surface area contributed by atoms with Crippen molar-refractivity contribution in [3.8, 4) is 5.75 Å². The molecule has 0 amide bonds. The van der Waals surface area contributed by atoms with Gasteiger partial charge in [-0.3, -0.25) is 0 Å². The normalized spacial score (nSPS) is 12.9. The monoisotopic (exact) mass is 350 g/mol. The van der Waals surface area contributed by atoms with Crippen molar-refractivity contribution in [2.75, 3.05) is 13.7 Å². The van der Waals surface area contributed by atoms with Crippen LogP contribution in [0.15, 0.2) is 17.0 Å². The van der Waals surface area contributed by atoms with E-state index in [-0.39, 0.29) is 29.9 Å². The van der Waals surface area contributed by atoms with Gasteiger partial charge in [-0.15, -0.1) is 12.4 Å². The van der Waals surface area contributed by atoms with Crippen LogP contribution in [0.3, 0.4) is 0 Å². The van der Waals surface area contributed by atoms with Crippen LogP contribution in [0.1, 0.15) is 31.4 Å². The molecule has 0 radical (unpaired) electrons. The zero-order valence-corrected chi connectivity index (χ0v) is 15.5. The molecule has 0 aromatic heterocycles. The number of nitrogens with two attached hydrogens (primary N) is 1. The van der Waals surface area contributed by atoms with E-state index in [9.17, 15) is 8.42 Å². The van der Waals surface area contributed by atoms with E-state index in [0.29, 0.717) is 23.7 Å². The summed E-state index contributed by atoms with van der Waals surface area (Å²) in [6.45, 7) is 8.01. The van der Waals surface area contributed by atoms with Gasteiger partial charge < -0.3 is 10.5 Å². The average Bonchev–Trinajstić information content (AvgIpc) is 2.35. The fourth-order valence-electron chi connectivity index (χ4n) is 2.45. The van der Waals surface area contributed by atoms with Crippen LogP contribution in [0.25, 0.3) is 0 Å². The predicted molar refractivity (Wildman–Crippen MR) is 92.3 cm³/mol. The third-order valence-corrected chi connectivity index (χ3v) is 4.94. The van der Waals surface area contributed by atoms with Gasteiger partial charge in [0.2, 0.25) is 10.0 Å². The van der Waals surface area contributed by atoms with Crippen molar-refractivity contribution in [2.24, 2.45) is 11.7 Å². The molecular formula is C15H27ClN2O3S. The molecule has 1 aromatic rings. The van der Waals surface area contributed by atoms with E-state index in [1.54, 1.807) is 13.0 Å². The van der Waals surface area contributed by atoms with Crippen molar-refractivity contribution in [3.05, 3.63) is 23.3 Å². The summed E-state index contributed by atoms with van der Waals surface area (Å²) < 4.78 is 33.2. The molecule has 7 heteroatoms. The fourth-order valence-corrected chi connectivity index (χ4v) is 4.09. The van der Waals surface area contributed by atoms with Gasteiger partial charge in [0.15, 0.2) is 0 Å². The lowest BCUT2D eigenvalue weighted by Crippen LogP contribution is -2.41. The number of benzene rings is 1. The van der Waals surface area contributed by atoms with Crippen LogP contribution < -0.4 is 15.2 Å². The molecule has 5 nitrogen and oxygen atoms in total. The summed E-state index contributed by atoms with van der Waals surface area (Å²) in [6.07, 6.45) is 0.697. The lowest BCUT2D eigenvalue weighted by Gasteiger charge is -2.21. The van der Waals surface area contributed by atoms with Gasteiger partial charge in [0.25, 0.3) is 0 Å². The predicted octanol–water partition coefficient (Wildman–Crippen LogP) is 2.39. The second kappa shape index (κ2) is 8.72. The quantitative estimate of drug-likeness (QED) is 0.791. The number of sulfonamides is 1. The third kappa shape index (κ3) is 5.43. The molecule has 0 spiro atoms. The van der Waals surface area contributed by atoms with Crippen LogP contribution in [0.5, 0.6) is 5.75 Å². The van der Waals surface area contributed by atoms with Crippen LogP contribution in [0.4, 0.5) is 0 Å². The van der Waals surface area contributed by atoms with E-state index in [4.69, 9.17) is 10.5 Å². The highest BCUT2D eigenvalue weighted by Crippen LogP contribution is 2.29. The van der Waals surface area contributed by atoms with E-state index >= 15 is 0 Å². The van der Waals surface area contributed by atoms with Gasteiger partial charge in [0.05, 0.1) is 7.11 Å². The summed E-state index contributed by atoms with van der Waals surface area (Å²) in [4.78, 5) is 0.192. The first kappa shape index (κ1) is 21.2. The minimum absolute atomic E-state index is 0. The summed E-state index contributed by atoms with van der Waals surface area (Å²) >= 11 is 0. The highest BCUT2D eigenvalue weighted by molar-refractivity contribution is 7.89. The van der Waals surface area contributed by atoms with E-state index in [1.807, 2.05) is 26.8 Å². The summed E-state index contributed by atoms with van der Waals surface area (Å²) in [7, 11) is -2.19. The minimum Gasteiger partial charge on any atom is -0.495 e. The standard InChI is InChI=1S/C15H26N2O3S.ClH/c1-10(2)6-13(9-16)17-21(18,19)15-12(4)7-11(3)8-14(15)20-5;/h7-8,10,13,17H,6,9,16H2,1-5H3;1H. The van der Waals surface area contributed by atoms with Crippen molar-refractivity contribution in [1.29, 1.82) is 0 Å². The smallest absolute Gasteiger partial charge is 0.244 e. The Kier molecular flexibility index (Phi) is 8.39. The van der Waals surface area contributed by atoms with Crippen LogP contribution in [0, 0.1) is 19.8 Å². The van der Waals surface area contributed by atoms with Crippen molar-refractivity contribution < 1.29 is 13.2 Å². The number of methoxy groups -OCH3 is 1. The number of aryl methyl sites for hydroxylation is 2. The first-order chi connectivity index (χ1) is 9.71. The Morgan fingerprint density at radius 1 is 1.27 bits per heavy atom. The molecule has 0 aliphatic carbocycles. The highest BCUT2D eigenvalue weighted by Gasteiger charge is 2.25. The Morgan fingerprint density at radius 3 is 2.32 bits per heavy atom. The van der Waals surface area contributed by atoms with Gasteiger partial charge >= 0.3 is 0 Å². The Bertz CT molecular complexity index is 589. The number of hydrogen-bond acceptors (Lipinski definition) is 4. The minimum atomic E-state index is -3.66. The van der Waals surface area contributed by atoms with Crippen molar-refractivity contribution in [3.63, 3.8) is 0 Å². The van der Waals surface area contributed by atoms with Gasteiger partial charge in [0, 0.05) is 12.6 Å². The molecule has 3 N–H and O–H groups in total. The maximum atomic E-state index is 12.6. The van der Waals surface area contributed by atoms with Crippen LogP contribution >= 0.6 is 12.4 Å². The van der Waals surface area contributed by atoms with Gasteiger partial charge in [-0.05, 0) is 43.4 Å². The Balaban J connectivity index is 0.00000441. The summed E-state index contributed by atoms with van der Waals surface area (Å²) in [5.74, 6) is 0.725. The Morgan fingerprint density at radius 2 is 1.86 bits per heavy atom. The SMILES string of the molecule is COc1cc(C)cc(C)c1S(=O)(=O)NC(CN)CC(C)C.Cl. The van der Waals surface area contributed by atoms with Crippen molar-refractivity contribution >= 4 is 22.4 Å². The number of rotatable bonds is 7. The molecule has 0 saturated heterocycles. The van der Waals surface area contributed by atoms with Gasteiger partial charge in [-0.2, -0.15) is 0 Å². The molecule has 0 fully saturated rings. The van der Waals surface area contributed by atoms with E-state index < -0.39 is 10.0 Å². The molecule has 1 rings (SSSR count). The maximum absolute atomic E-state index is 12.6. The molecule has 22 heavy (non-hydrogen) atoms. The Hall–Kier alpha value is -0.820. The lowest BCUT2D eigenvalue weighted by molar-refractivity contribution is 0.400. The zero-order valence-electron chi connectivity index (χ0n) is 13.8. The molecule has 1 aromatic carbocycles. The van der Waals surface area contributed by atoms with Crippen molar-refractivity contribution in [2.45, 2.75) is 45.1 Å². The van der Waals surface area contributed by atoms with Crippen LogP contribution in [-0.2, 0) is 10.0 Å². The number of hydrogen-bond donors (Lipinski definition) is 2. The summed E-state index contributed by atoms with van der Waals surface area (Å²) in [5.41, 5.74) is 7.31. The molecule has 0 aliphatic heterocycles. The number of halogens is 1. The second-order valence-corrected chi connectivity index (χ2v) is 7.45. The van der Waals surface area contributed by atoms with Gasteiger partial charge in [-0.25, -0.2) is 13.1 Å². The largest absolute Gasteiger partial charge is 0.495 e. The third-order valence-electron chi connectivity index (χ3n) is 3.24. The number of nitrogens with one attached hydrogen (secondary N) is 1. The first-order valence-corrected chi connectivity index (χ1v) is 8.57. The Labute approximate surface area is 140 Å². The first-order valence-electron chi connectivity index (χ1n) is 7.09. The molecule has 1 atom stereocenters. The lowest BCUT2D eigenvalue weighted by atomic mass is 10.1. The summed E-state index contributed by atoms with van der Waals surface area (Å²) in [6, 6.07) is 3.28. The number of ether oxygens (including phenoxy) is 1. The molecule has 1 unspecified atom stereocenters. The van der Waals surface area contributed by atoms with Gasteiger partial charge in [-0.1, -0.05) is 19.9 Å². The molecule has 128 valence electrons. The van der Waals surface area contributed by atoms with E-state index in [2.05, 4.69) is 4.72 Å². The maximum Gasteiger partial charge on any atom is 0.244 e. The van der Waals surface area contributed by atoms with E-state index in [1.165, 1.54) is 7.11 Å². The topological polar surface area (TPSA) is 81.4 Å².